The molecule has 1 heterocycles. The van der Waals surface area contributed by atoms with Gasteiger partial charge in [0.05, 0.1) is 6.61 Å². The Hall–Kier alpha value is -3.77. The van der Waals surface area contributed by atoms with Crippen LogP contribution >= 0.6 is 0 Å². The molecule has 1 amide bonds. The minimum absolute atomic E-state index is 0.120. The van der Waals surface area contributed by atoms with Gasteiger partial charge < -0.3 is 24.8 Å². The second-order valence-corrected chi connectivity index (χ2v) is 9.52. The summed E-state index contributed by atoms with van der Waals surface area (Å²) in [4.78, 5) is 15.5. The van der Waals surface area contributed by atoms with E-state index in [1.807, 2.05) is 18.2 Å². The first kappa shape index (κ1) is 27.3. The summed E-state index contributed by atoms with van der Waals surface area (Å²) in [5.74, 6) is 0.875. The topological polar surface area (TPSA) is 71.0 Å². The van der Waals surface area contributed by atoms with Crippen LogP contribution in [0.3, 0.4) is 0 Å². The van der Waals surface area contributed by atoms with Crippen molar-refractivity contribution in [2.75, 3.05) is 43.1 Å². The predicted octanol–water partition coefficient (Wildman–Crippen LogP) is 6.90. The molecule has 0 spiro atoms. The summed E-state index contributed by atoms with van der Waals surface area (Å²) in [5.41, 5.74) is 5.76. The van der Waals surface area contributed by atoms with E-state index in [1.54, 1.807) is 24.3 Å². The number of carbonyl (C=O) groups excluding carboxylic acids is 1. The highest BCUT2D eigenvalue weighted by Gasteiger charge is 2.20. The maximum absolute atomic E-state index is 13.1. The zero-order chi connectivity index (χ0) is 26.7. The van der Waals surface area contributed by atoms with Crippen LogP contribution in [0.25, 0.3) is 17.2 Å². The molecule has 0 aromatic heterocycles. The number of ether oxygens (including phenoxy) is 2. The van der Waals surface area contributed by atoms with Crippen LogP contribution in [0.1, 0.15) is 45.1 Å². The Bertz CT molecular complexity index is 1220. The number of phenolic OH excluding ortho intramolecular Hbond substituents is 1. The lowest BCUT2D eigenvalue weighted by Gasteiger charge is -2.25. The molecule has 3 aromatic carbocycles. The lowest BCUT2D eigenvalue weighted by molar-refractivity contribution is -0.112. The number of unbranched alkanes of at least 4 members (excludes halogenated alkanes) is 1. The van der Waals surface area contributed by atoms with E-state index in [9.17, 15) is 9.90 Å². The smallest absolute Gasteiger partial charge is 0.251 e. The van der Waals surface area contributed by atoms with E-state index in [-0.39, 0.29) is 11.7 Å². The number of anilines is 2. The molecule has 0 saturated carbocycles. The zero-order valence-corrected chi connectivity index (χ0v) is 22.4. The molecule has 3 aromatic rings. The van der Waals surface area contributed by atoms with E-state index in [0.29, 0.717) is 25.3 Å². The lowest BCUT2D eigenvalue weighted by Crippen LogP contribution is -2.26. The van der Waals surface area contributed by atoms with Crippen molar-refractivity contribution in [1.82, 2.24) is 0 Å². The van der Waals surface area contributed by atoms with Crippen molar-refractivity contribution in [2.24, 2.45) is 0 Å². The van der Waals surface area contributed by atoms with Crippen LogP contribution in [-0.4, -0.2) is 43.9 Å². The Morgan fingerprint density at radius 1 is 0.921 bits per heavy atom. The van der Waals surface area contributed by atoms with Crippen molar-refractivity contribution in [3.8, 4) is 22.6 Å². The van der Waals surface area contributed by atoms with E-state index in [1.165, 1.54) is 0 Å². The lowest BCUT2D eigenvalue weighted by atomic mass is 10.00. The number of aromatic hydroxyl groups is 1. The monoisotopic (exact) mass is 514 g/mol. The average molecular weight is 515 g/mol. The fraction of sp³-hybridized carbons (Fsp3) is 0.344. The first-order chi connectivity index (χ1) is 18.6. The fourth-order valence-electron chi connectivity index (χ4n) is 4.52. The highest BCUT2D eigenvalue weighted by atomic mass is 16.5. The van der Waals surface area contributed by atoms with Gasteiger partial charge in [-0.15, -0.1) is 0 Å². The Morgan fingerprint density at radius 3 is 2.42 bits per heavy atom. The van der Waals surface area contributed by atoms with Crippen molar-refractivity contribution in [3.63, 3.8) is 0 Å². The standard InChI is InChI=1S/C32H38N2O4/c1-3-5-19-37-20-21-38-30-13-6-24(7-14-30)25-8-15-31-27(22-25)23-26(16-18-34(31)17-4-2)32(36)33-28-9-11-29(35)12-10-28/h6-15,22-23,35H,3-5,16-21H2,1-2H3,(H,33,36). The van der Waals surface area contributed by atoms with E-state index in [2.05, 4.69) is 54.4 Å². The van der Waals surface area contributed by atoms with Crippen LogP contribution in [0.15, 0.2) is 72.3 Å². The van der Waals surface area contributed by atoms with E-state index in [0.717, 1.165) is 72.7 Å². The van der Waals surface area contributed by atoms with Crippen LogP contribution in [0, 0.1) is 0 Å². The number of carbonyl (C=O) groups is 1. The zero-order valence-electron chi connectivity index (χ0n) is 22.4. The summed E-state index contributed by atoms with van der Waals surface area (Å²) in [5, 5.41) is 12.5. The maximum Gasteiger partial charge on any atom is 0.251 e. The number of nitrogens with one attached hydrogen (secondary N) is 1. The van der Waals surface area contributed by atoms with Crippen molar-refractivity contribution < 1.29 is 19.4 Å². The molecule has 0 radical (unpaired) electrons. The SMILES string of the molecule is CCCCOCCOc1ccc(-c2ccc3c(c2)C=C(C(=O)Nc2ccc(O)cc2)CCN3CCC)cc1. The van der Waals surface area contributed by atoms with Gasteiger partial charge in [-0.05, 0) is 90.6 Å². The molecule has 0 saturated heterocycles. The first-order valence-electron chi connectivity index (χ1n) is 13.6. The van der Waals surface area contributed by atoms with Gasteiger partial charge in [0, 0.05) is 36.6 Å². The third-order valence-corrected chi connectivity index (χ3v) is 6.59. The summed E-state index contributed by atoms with van der Waals surface area (Å²) >= 11 is 0. The van der Waals surface area contributed by atoms with Crippen LogP contribution < -0.4 is 15.0 Å². The first-order valence-corrected chi connectivity index (χ1v) is 13.6. The Balaban J connectivity index is 1.50. The molecular weight excluding hydrogens is 476 g/mol. The highest BCUT2D eigenvalue weighted by molar-refractivity contribution is 6.07. The second kappa shape index (κ2) is 13.7. The number of fused-ring (bicyclic) bond motifs is 1. The average Bonchev–Trinajstić information content (AvgIpc) is 3.12. The summed E-state index contributed by atoms with van der Waals surface area (Å²) in [6, 6.07) is 21.1. The van der Waals surface area contributed by atoms with Gasteiger partial charge in [0.2, 0.25) is 0 Å². The number of amides is 1. The normalized spacial score (nSPS) is 12.9. The number of benzene rings is 3. The number of nitrogens with zero attached hydrogens (tertiary/aromatic N) is 1. The molecule has 6 heteroatoms. The van der Waals surface area contributed by atoms with Crippen LogP contribution in [-0.2, 0) is 9.53 Å². The molecule has 38 heavy (non-hydrogen) atoms. The van der Waals surface area contributed by atoms with Gasteiger partial charge in [-0.25, -0.2) is 0 Å². The van der Waals surface area contributed by atoms with Gasteiger partial charge >= 0.3 is 0 Å². The molecule has 0 aliphatic carbocycles. The molecule has 1 aliphatic rings. The Morgan fingerprint density at radius 2 is 1.68 bits per heavy atom. The largest absolute Gasteiger partial charge is 0.508 e. The van der Waals surface area contributed by atoms with Gasteiger partial charge in [0.1, 0.15) is 18.1 Å². The Labute approximate surface area is 225 Å². The third kappa shape index (κ3) is 7.39. The van der Waals surface area contributed by atoms with E-state index in [4.69, 9.17) is 9.47 Å². The molecule has 200 valence electrons. The molecule has 1 aliphatic heterocycles. The molecule has 0 fully saturated rings. The highest BCUT2D eigenvalue weighted by Crippen LogP contribution is 2.33. The second-order valence-electron chi connectivity index (χ2n) is 9.52. The molecule has 0 atom stereocenters. The third-order valence-electron chi connectivity index (χ3n) is 6.59. The maximum atomic E-state index is 13.1. The molecular formula is C32H38N2O4. The van der Waals surface area contributed by atoms with Crippen molar-refractivity contribution in [3.05, 3.63) is 77.9 Å². The molecule has 4 rings (SSSR count). The fourth-order valence-corrected chi connectivity index (χ4v) is 4.52. The van der Waals surface area contributed by atoms with Crippen LogP contribution in [0.2, 0.25) is 0 Å². The molecule has 2 N–H and O–H groups in total. The Kier molecular flexibility index (Phi) is 9.82. The summed E-state index contributed by atoms with van der Waals surface area (Å²) in [6.07, 6.45) is 5.90. The quantitative estimate of drug-likeness (QED) is 0.203. The minimum atomic E-state index is -0.120. The van der Waals surface area contributed by atoms with Crippen molar-refractivity contribution >= 4 is 23.4 Å². The number of hydrogen-bond acceptors (Lipinski definition) is 5. The van der Waals surface area contributed by atoms with Crippen LogP contribution in [0.4, 0.5) is 11.4 Å². The molecule has 6 nitrogen and oxygen atoms in total. The number of hydrogen-bond donors (Lipinski definition) is 2. The van der Waals surface area contributed by atoms with E-state index < -0.39 is 0 Å². The van der Waals surface area contributed by atoms with Gasteiger partial charge in [-0.2, -0.15) is 0 Å². The molecule has 0 bridgehead atoms. The summed E-state index contributed by atoms with van der Waals surface area (Å²) in [6.45, 7) is 7.95. The minimum Gasteiger partial charge on any atom is -0.508 e. The van der Waals surface area contributed by atoms with Gasteiger partial charge in [-0.1, -0.05) is 38.5 Å². The molecule has 0 unspecified atom stereocenters. The summed E-state index contributed by atoms with van der Waals surface area (Å²) < 4.78 is 11.4. The van der Waals surface area contributed by atoms with Crippen molar-refractivity contribution in [2.45, 2.75) is 39.5 Å². The predicted molar refractivity (Wildman–Crippen MR) is 155 cm³/mol. The van der Waals surface area contributed by atoms with Crippen LogP contribution in [0.5, 0.6) is 11.5 Å². The summed E-state index contributed by atoms with van der Waals surface area (Å²) in [7, 11) is 0. The van der Waals surface area contributed by atoms with Crippen molar-refractivity contribution in [1.29, 1.82) is 0 Å². The number of rotatable bonds is 12. The van der Waals surface area contributed by atoms with Gasteiger partial charge in [0.25, 0.3) is 5.91 Å². The number of phenols is 1. The van der Waals surface area contributed by atoms with Gasteiger partial charge in [0.15, 0.2) is 0 Å². The van der Waals surface area contributed by atoms with Gasteiger partial charge in [-0.3, -0.25) is 4.79 Å². The van der Waals surface area contributed by atoms with E-state index >= 15 is 0 Å².